The molecule has 1 aromatic heterocycles. The minimum absolute atomic E-state index is 0. The molecule has 0 aliphatic carbocycles. The third-order valence-corrected chi connectivity index (χ3v) is 1.51. The number of nitrogens with zero attached hydrogens (tertiary/aromatic N) is 1. The number of carboxylic acid groups (broad SMARTS) is 1. The second-order valence-electron chi connectivity index (χ2n) is 2.57. The minimum atomic E-state index is -4.56. The van der Waals surface area contributed by atoms with E-state index in [0.29, 0.717) is 0 Å². The van der Waals surface area contributed by atoms with Crippen molar-refractivity contribution in [3.8, 4) is 0 Å². The van der Waals surface area contributed by atoms with E-state index in [0.717, 1.165) is 18.3 Å². The molecule has 1 heterocycles. The summed E-state index contributed by atoms with van der Waals surface area (Å²) in [5.74, 6) is -1.34. The fourth-order valence-electron chi connectivity index (χ4n) is 0.980. The minimum Gasteiger partial charge on any atom is -0.481 e. The Kier molecular flexibility index (Phi) is 4.54. The first-order valence-electron chi connectivity index (χ1n) is 3.64. The van der Waals surface area contributed by atoms with Gasteiger partial charge in [-0.3, -0.25) is 9.78 Å². The zero-order valence-corrected chi connectivity index (χ0v) is 8.10. The zero-order valence-electron chi connectivity index (χ0n) is 7.28. The maximum Gasteiger partial charge on any atom is 0.418 e. The Labute approximate surface area is 89.4 Å². The summed E-state index contributed by atoms with van der Waals surface area (Å²) in [6, 6.07) is 1.93. The summed E-state index contributed by atoms with van der Waals surface area (Å²) in [5.41, 5.74) is -1.46. The van der Waals surface area contributed by atoms with Crippen molar-refractivity contribution in [2.75, 3.05) is 0 Å². The molecule has 0 fully saturated rings. The first-order valence-corrected chi connectivity index (χ1v) is 3.64. The number of carboxylic acids is 1. The molecule has 3 nitrogen and oxygen atoms in total. The fraction of sp³-hybridized carbons (Fsp3) is 0.250. The molecule has 0 aromatic carbocycles. The molecule has 1 rings (SSSR count). The third-order valence-electron chi connectivity index (χ3n) is 1.51. The first kappa shape index (κ1) is 13.7. The van der Waals surface area contributed by atoms with Crippen molar-refractivity contribution in [1.82, 2.24) is 4.98 Å². The summed E-state index contributed by atoms with van der Waals surface area (Å²) in [6.45, 7) is 0. The maximum atomic E-state index is 12.3. The van der Waals surface area contributed by atoms with Crippen molar-refractivity contribution in [3.63, 3.8) is 0 Å². The molecule has 1 N–H and O–H groups in total. The Morgan fingerprint density at radius 2 is 2.07 bits per heavy atom. The standard InChI is InChI=1S/C8H6F3NO2.ClH/c9-8(10,11)5-2-1-3-12-6(5)4-7(13)14;/h1-3H,4H2,(H,13,14);1H. The van der Waals surface area contributed by atoms with E-state index < -0.39 is 29.8 Å². The van der Waals surface area contributed by atoms with Crippen molar-refractivity contribution in [2.45, 2.75) is 12.6 Å². The van der Waals surface area contributed by atoms with E-state index in [2.05, 4.69) is 4.98 Å². The summed E-state index contributed by atoms with van der Waals surface area (Å²) in [7, 11) is 0. The van der Waals surface area contributed by atoms with Gasteiger partial charge in [-0.1, -0.05) is 0 Å². The summed E-state index contributed by atoms with van der Waals surface area (Å²) < 4.78 is 36.8. The molecular formula is C8H7ClF3NO2. The Balaban J connectivity index is 0.00000196. The number of hydrogen-bond acceptors (Lipinski definition) is 2. The lowest BCUT2D eigenvalue weighted by Gasteiger charge is -2.09. The largest absolute Gasteiger partial charge is 0.481 e. The molecule has 0 aliphatic heterocycles. The van der Waals surface area contributed by atoms with E-state index >= 15 is 0 Å². The van der Waals surface area contributed by atoms with E-state index in [9.17, 15) is 18.0 Å². The first-order chi connectivity index (χ1) is 6.41. The van der Waals surface area contributed by atoms with E-state index in [1.54, 1.807) is 0 Å². The summed E-state index contributed by atoms with van der Waals surface area (Å²) >= 11 is 0. The zero-order chi connectivity index (χ0) is 10.8. The molecule has 0 unspecified atom stereocenters. The predicted octanol–water partition coefficient (Wildman–Crippen LogP) is 2.15. The van der Waals surface area contributed by atoms with Crippen LogP contribution in [-0.4, -0.2) is 16.1 Å². The second kappa shape index (κ2) is 4.97. The molecule has 84 valence electrons. The number of carbonyl (C=O) groups is 1. The molecule has 0 atom stereocenters. The van der Waals surface area contributed by atoms with Gasteiger partial charge in [0.1, 0.15) is 0 Å². The molecule has 1 aromatic rings. The number of rotatable bonds is 2. The number of aliphatic carboxylic acids is 1. The van der Waals surface area contributed by atoms with E-state index in [-0.39, 0.29) is 12.4 Å². The highest BCUT2D eigenvalue weighted by Crippen LogP contribution is 2.30. The number of pyridine rings is 1. The van der Waals surface area contributed by atoms with Gasteiger partial charge in [0.15, 0.2) is 0 Å². The highest BCUT2D eigenvalue weighted by atomic mass is 35.5. The lowest BCUT2D eigenvalue weighted by molar-refractivity contribution is -0.140. The average molecular weight is 242 g/mol. The number of halogens is 4. The molecule has 0 radical (unpaired) electrons. The third kappa shape index (κ3) is 3.75. The van der Waals surface area contributed by atoms with Gasteiger partial charge in [-0.05, 0) is 12.1 Å². The van der Waals surface area contributed by atoms with Gasteiger partial charge in [0.2, 0.25) is 0 Å². The van der Waals surface area contributed by atoms with Crippen molar-refractivity contribution in [1.29, 1.82) is 0 Å². The number of aromatic nitrogens is 1. The summed E-state index contributed by atoms with van der Waals surface area (Å²) in [4.78, 5) is 13.6. The van der Waals surface area contributed by atoms with Crippen molar-refractivity contribution >= 4 is 18.4 Å². The predicted molar refractivity (Wildman–Crippen MR) is 47.8 cm³/mol. The van der Waals surface area contributed by atoms with Crippen LogP contribution in [0.1, 0.15) is 11.3 Å². The molecule has 0 saturated carbocycles. The van der Waals surface area contributed by atoms with Crippen LogP contribution in [0.5, 0.6) is 0 Å². The molecule has 0 saturated heterocycles. The lowest BCUT2D eigenvalue weighted by Crippen LogP contribution is -2.13. The van der Waals surface area contributed by atoms with Gasteiger partial charge in [-0.15, -0.1) is 12.4 Å². The second-order valence-corrected chi connectivity index (χ2v) is 2.57. The van der Waals surface area contributed by atoms with Crippen LogP contribution >= 0.6 is 12.4 Å². The molecular weight excluding hydrogens is 235 g/mol. The van der Waals surface area contributed by atoms with Gasteiger partial charge in [-0.2, -0.15) is 13.2 Å². The van der Waals surface area contributed by atoms with Crippen molar-refractivity contribution in [2.24, 2.45) is 0 Å². The molecule has 0 bridgehead atoms. The van der Waals surface area contributed by atoms with Gasteiger partial charge >= 0.3 is 12.1 Å². The van der Waals surface area contributed by atoms with Crippen molar-refractivity contribution < 1.29 is 23.1 Å². The van der Waals surface area contributed by atoms with Crippen LogP contribution in [-0.2, 0) is 17.4 Å². The van der Waals surface area contributed by atoms with Crippen LogP contribution in [0.3, 0.4) is 0 Å². The highest BCUT2D eigenvalue weighted by Gasteiger charge is 2.34. The number of alkyl halides is 3. The van der Waals surface area contributed by atoms with E-state index in [1.165, 1.54) is 0 Å². The van der Waals surface area contributed by atoms with Gasteiger partial charge in [0.05, 0.1) is 17.7 Å². The van der Waals surface area contributed by atoms with E-state index in [4.69, 9.17) is 5.11 Å². The van der Waals surface area contributed by atoms with Crippen LogP contribution in [0.25, 0.3) is 0 Å². The van der Waals surface area contributed by atoms with Gasteiger partial charge in [-0.25, -0.2) is 0 Å². The van der Waals surface area contributed by atoms with Crippen LogP contribution < -0.4 is 0 Å². The molecule has 7 heteroatoms. The SMILES string of the molecule is Cl.O=C(O)Cc1ncccc1C(F)(F)F. The molecule has 0 spiro atoms. The van der Waals surface area contributed by atoms with Crippen molar-refractivity contribution in [3.05, 3.63) is 29.6 Å². The van der Waals surface area contributed by atoms with Gasteiger partial charge < -0.3 is 5.11 Å². The Hall–Kier alpha value is -1.30. The molecule has 0 aliphatic rings. The molecule has 15 heavy (non-hydrogen) atoms. The topological polar surface area (TPSA) is 50.2 Å². The Morgan fingerprint density at radius 3 is 2.53 bits per heavy atom. The summed E-state index contributed by atoms with van der Waals surface area (Å²) in [6.07, 6.45) is -4.15. The van der Waals surface area contributed by atoms with E-state index in [1.807, 2.05) is 0 Å². The highest BCUT2D eigenvalue weighted by molar-refractivity contribution is 5.85. The summed E-state index contributed by atoms with van der Waals surface area (Å²) in [5, 5.41) is 8.35. The Morgan fingerprint density at radius 1 is 1.47 bits per heavy atom. The quantitative estimate of drug-likeness (QED) is 0.863. The molecule has 0 amide bonds. The Bertz CT molecular complexity index is 354. The van der Waals surface area contributed by atoms with Crippen LogP contribution in [0.15, 0.2) is 18.3 Å². The average Bonchev–Trinajstić information content (AvgIpc) is 2.01. The smallest absolute Gasteiger partial charge is 0.418 e. The van der Waals surface area contributed by atoms with Crippen LogP contribution in [0.2, 0.25) is 0 Å². The fourth-order valence-corrected chi connectivity index (χ4v) is 0.980. The van der Waals surface area contributed by atoms with Crippen LogP contribution in [0, 0.1) is 0 Å². The van der Waals surface area contributed by atoms with Gasteiger partial charge in [0.25, 0.3) is 0 Å². The number of hydrogen-bond donors (Lipinski definition) is 1. The normalized spacial score (nSPS) is 10.6. The monoisotopic (exact) mass is 241 g/mol. The maximum absolute atomic E-state index is 12.3. The van der Waals surface area contributed by atoms with Gasteiger partial charge in [0, 0.05) is 6.20 Å². The van der Waals surface area contributed by atoms with Crippen LogP contribution in [0.4, 0.5) is 13.2 Å². The lowest BCUT2D eigenvalue weighted by atomic mass is 10.1.